The van der Waals surface area contributed by atoms with E-state index in [0.717, 1.165) is 5.69 Å². The summed E-state index contributed by atoms with van der Waals surface area (Å²) < 4.78 is 0. The van der Waals surface area contributed by atoms with Crippen LogP contribution in [-0.4, -0.2) is 0 Å². The second-order valence-corrected chi connectivity index (χ2v) is 13.0. The van der Waals surface area contributed by atoms with E-state index in [1.807, 2.05) is 0 Å². The second-order valence-electron chi connectivity index (χ2n) is 13.0. The maximum absolute atomic E-state index is 2.48. The SMILES string of the molecule is CC1(C)c2ccccc2-c2ccc(N(c3ccc(-c4ccccc4)cc3)c3cccc4c3-c3ccccc3C4(C)C)cc21.[CH3-].[HH].[V]. The number of rotatable bonds is 4. The molecule has 1 nitrogen and oxygen atoms in total. The van der Waals surface area contributed by atoms with Crippen molar-refractivity contribution in [1.82, 2.24) is 0 Å². The summed E-state index contributed by atoms with van der Waals surface area (Å²) in [6.07, 6.45) is 0. The molecule has 0 unspecified atom stereocenters. The third-order valence-electron chi connectivity index (χ3n) is 9.88. The van der Waals surface area contributed by atoms with Gasteiger partial charge in [0.15, 0.2) is 0 Å². The van der Waals surface area contributed by atoms with E-state index < -0.39 is 0 Å². The van der Waals surface area contributed by atoms with Gasteiger partial charge in [0.25, 0.3) is 0 Å². The van der Waals surface area contributed by atoms with Gasteiger partial charge in [0.1, 0.15) is 0 Å². The van der Waals surface area contributed by atoms with Crippen molar-refractivity contribution in [2.24, 2.45) is 0 Å². The minimum atomic E-state index is -0.0714. The quantitative estimate of drug-likeness (QED) is 0.177. The van der Waals surface area contributed by atoms with Gasteiger partial charge in [-0.05, 0) is 80.4 Å². The molecular formula is C43H40NV-. The normalized spacial score (nSPS) is 14.2. The average Bonchev–Trinajstić information content (AvgIpc) is 3.42. The van der Waals surface area contributed by atoms with Crippen molar-refractivity contribution in [1.29, 1.82) is 0 Å². The summed E-state index contributed by atoms with van der Waals surface area (Å²) in [4.78, 5) is 2.48. The topological polar surface area (TPSA) is 3.24 Å². The van der Waals surface area contributed by atoms with E-state index in [1.54, 1.807) is 0 Å². The van der Waals surface area contributed by atoms with E-state index in [0.29, 0.717) is 0 Å². The van der Waals surface area contributed by atoms with Crippen LogP contribution in [0.2, 0.25) is 0 Å². The molecule has 8 rings (SSSR count). The van der Waals surface area contributed by atoms with Crippen LogP contribution < -0.4 is 4.90 Å². The summed E-state index contributed by atoms with van der Waals surface area (Å²) >= 11 is 0. The molecule has 0 N–H and O–H groups in total. The Morgan fingerprint density at radius 1 is 0.444 bits per heavy atom. The first-order chi connectivity index (χ1) is 20.9. The molecule has 0 bridgehead atoms. The van der Waals surface area contributed by atoms with Crippen molar-refractivity contribution in [3.63, 3.8) is 0 Å². The molecule has 2 heteroatoms. The maximum atomic E-state index is 2.48. The Kier molecular flexibility index (Phi) is 7.68. The van der Waals surface area contributed by atoms with E-state index in [9.17, 15) is 0 Å². The van der Waals surface area contributed by atoms with Crippen LogP contribution in [0.15, 0.2) is 140 Å². The summed E-state index contributed by atoms with van der Waals surface area (Å²) in [5, 5.41) is 0. The molecule has 0 aliphatic heterocycles. The van der Waals surface area contributed by atoms with Crippen LogP contribution in [0.1, 0.15) is 51.4 Å². The fraction of sp³-hybridized carbons (Fsp3) is 0.140. The first-order valence-corrected chi connectivity index (χ1v) is 15.3. The van der Waals surface area contributed by atoms with Gasteiger partial charge in [0, 0.05) is 47.8 Å². The van der Waals surface area contributed by atoms with Crippen molar-refractivity contribution in [3.05, 3.63) is 169 Å². The number of hydrogen-bond acceptors (Lipinski definition) is 1. The molecule has 1 radical (unpaired) electrons. The molecule has 0 saturated heterocycles. The molecule has 0 aromatic heterocycles. The monoisotopic (exact) mass is 621 g/mol. The molecule has 45 heavy (non-hydrogen) atoms. The third kappa shape index (κ3) is 4.61. The Bertz CT molecular complexity index is 2030. The summed E-state index contributed by atoms with van der Waals surface area (Å²) in [5.41, 5.74) is 16.8. The van der Waals surface area contributed by atoms with Crippen molar-refractivity contribution in [3.8, 4) is 33.4 Å². The van der Waals surface area contributed by atoms with Crippen LogP contribution in [0.4, 0.5) is 17.1 Å². The number of fused-ring (bicyclic) bond motifs is 6. The number of hydrogen-bond donors (Lipinski definition) is 0. The van der Waals surface area contributed by atoms with Crippen LogP contribution in [0.3, 0.4) is 0 Å². The first kappa shape index (κ1) is 30.7. The number of nitrogens with zero attached hydrogens (tertiary/aromatic N) is 1. The molecule has 0 atom stereocenters. The first-order valence-electron chi connectivity index (χ1n) is 15.3. The van der Waals surface area contributed by atoms with Gasteiger partial charge in [0.2, 0.25) is 0 Å². The fourth-order valence-corrected chi connectivity index (χ4v) is 7.61. The Hall–Kier alpha value is -4.30. The van der Waals surface area contributed by atoms with Crippen molar-refractivity contribution in [2.75, 3.05) is 4.90 Å². The van der Waals surface area contributed by atoms with Gasteiger partial charge in [-0.15, -0.1) is 0 Å². The molecule has 223 valence electrons. The summed E-state index contributed by atoms with van der Waals surface area (Å²) in [5.74, 6) is 0. The van der Waals surface area contributed by atoms with Gasteiger partial charge >= 0.3 is 0 Å². The van der Waals surface area contributed by atoms with E-state index in [4.69, 9.17) is 0 Å². The van der Waals surface area contributed by atoms with Gasteiger partial charge in [-0.2, -0.15) is 0 Å². The summed E-state index contributed by atoms with van der Waals surface area (Å²) in [6, 6.07) is 51.5. The minimum Gasteiger partial charge on any atom is -0.358 e. The number of benzene rings is 6. The van der Waals surface area contributed by atoms with E-state index in [1.165, 1.54) is 67.0 Å². The Labute approximate surface area is 282 Å². The Morgan fingerprint density at radius 3 is 1.67 bits per heavy atom. The van der Waals surface area contributed by atoms with Crippen LogP contribution in [0.25, 0.3) is 33.4 Å². The van der Waals surface area contributed by atoms with E-state index in [2.05, 4.69) is 172 Å². The summed E-state index contributed by atoms with van der Waals surface area (Å²) in [7, 11) is 0. The van der Waals surface area contributed by atoms with Crippen LogP contribution in [0.5, 0.6) is 0 Å². The van der Waals surface area contributed by atoms with Crippen molar-refractivity contribution in [2.45, 2.75) is 38.5 Å². The maximum Gasteiger partial charge on any atom is 0.0543 e. The minimum absolute atomic E-state index is 0. The van der Waals surface area contributed by atoms with Gasteiger partial charge in [-0.3, -0.25) is 0 Å². The second kappa shape index (κ2) is 11.3. The molecular weight excluding hydrogens is 581 g/mol. The predicted octanol–water partition coefficient (Wildman–Crippen LogP) is 12.1. The molecule has 0 fully saturated rings. The largest absolute Gasteiger partial charge is 0.358 e. The Balaban J connectivity index is 0.00000139. The van der Waals surface area contributed by atoms with Crippen LogP contribution in [-0.2, 0) is 29.4 Å². The Morgan fingerprint density at radius 2 is 0.956 bits per heavy atom. The van der Waals surface area contributed by atoms with Crippen LogP contribution in [0, 0.1) is 7.43 Å². The molecule has 0 heterocycles. The number of anilines is 3. The molecule has 6 aromatic carbocycles. The predicted molar refractivity (Wildman–Crippen MR) is 190 cm³/mol. The third-order valence-corrected chi connectivity index (χ3v) is 9.88. The van der Waals surface area contributed by atoms with Crippen molar-refractivity contribution < 1.29 is 20.0 Å². The van der Waals surface area contributed by atoms with E-state index in [-0.39, 0.29) is 38.2 Å². The van der Waals surface area contributed by atoms with Crippen LogP contribution >= 0.6 is 0 Å². The fourth-order valence-electron chi connectivity index (χ4n) is 7.61. The average molecular weight is 622 g/mol. The van der Waals surface area contributed by atoms with Gasteiger partial charge in [0.05, 0.1) is 5.69 Å². The van der Waals surface area contributed by atoms with Gasteiger partial charge < -0.3 is 12.3 Å². The zero-order chi connectivity index (χ0) is 29.3. The summed E-state index contributed by atoms with van der Waals surface area (Å²) in [6.45, 7) is 9.43. The molecule has 0 amide bonds. The molecule has 2 aliphatic rings. The van der Waals surface area contributed by atoms with Gasteiger partial charge in [-0.1, -0.05) is 137 Å². The van der Waals surface area contributed by atoms with Gasteiger partial charge in [-0.25, -0.2) is 0 Å². The van der Waals surface area contributed by atoms with Crippen molar-refractivity contribution >= 4 is 17.1 Å². The zero-order valence-electron chi connectivity index (χ0n) is 26.7. The molecule has 2 aliphatic carbocycles. The molecule has 0 spiro atoms. The molecule has 0 saturated carbocycles. The molecule has 6 aromatic rings. The van der Waals surface area contributed by atoms with E-state index >= 15 is 0 Å². The zero-order valence-corrected chi connectivity index (χ0v) is 28.1. The standard InChI is InChI=1S/C42H35N.CH3.V.H2/c1-41(2)36-18-11-9-16-34(36)40-37(41)19-12-20-39(40)43(30-23-21-29(22-24-30)28-13-6-5-7-14-28)31-25-26-33-32-15-8-10-17-35(32)42(3,4)38(33)27-31;;;/h5-27H,1-4H3;1H3;;1H/q;-1;;. The smallest absolute Gasteiger partial charge is 0.0543 e.